The minimum atomic E-state index is -0.308. The number of halogens is 1. The van der Waals surface area contributed by atoms with E-state index in [-0.39, 0.29) is 17.4 Å². The van der Waals surface area contributed by atoms with Crippen LogP contribution < -0.4 is 5.32 Å². The number of nitrogens with zero attached hydrogens (tertiary/aromatic N) is 4. The van der Waals surface area contributed by atoms with Gasteiger partial charge in [0.05, 0.1) is 23.6 Å². The van der Waals surface area contributed by atoms with Crippen LogP contribution in [0, 0.1) is 12.7 Å². The second kappa shape index (κ2) is 9.58. The predicted octanol–water partition coefficient (Wildman–Crippen LogP) is 4.82. The number of carbonyl (C=O) groups excluding carboxylic acids is 1. The second-order valence-electron chi connectivity index (χ2n) is 10.2. The minimum absolute atomic E-state index is 0.120. The number of urea groups is 1. The largest absolute Gasteiger partial charge is 0.333 e. The van der Waals surface area contributed by atoms with Crippen LogP contribution in [-0.4, -0.2) is 44.7 Å². The van der Waals surface area contributed by atoms with Crippen LogP contribution in [-0.2, 0) is 26.1 Å². The summed E-state index contributed by atoms with van der Waals surface area (Å²) < 4.78 is 15.4. The Morgan fingerprint density at radius 2 is 1.79 bits per heavy atom. The number of aryl methyl sites for hydroxylation is 1. The van der Waals surface area contributed by atoms with Gasteiger partial charge in [0, 0.05) is 44.2 Å². The van der Waals surface area contributed by atoms with Crippen molar-refractivity contribution in [3.05, 3.63) is 82.4 Å². The number of amides is 2. The molecule has 1 aliphatic rings. The zero-order valence-electron chi connectivity index (χ0n) is 20.7. The highest BCUT2D eigenvalue weighted by Crippen LogP contribution is 2.27. The Morgan fingerprint density at radius 3 is 2.44 bits per heavy atom. The van der Waals surface area contributed by atoms with Crippen LogP contribution >= 0.6 is 0 Å². The summed E-state index contributed by atoms with van der Waals surface area (Å²) in [5.41, 5.74) is 6.28. The van der Waals surface area contributed by atoms with Gasteiger partial charge in [-0.25, -0.2) is 13.9 Å². The van der Waals surface area contributed by atoms with Crippen LogP contribution in [0.5, 0.6) is 0 Å². The summed E-state index contributed by atoms with van der Waals surface area (Å²) in [5.74, 6) is -0.220. The Hall–Kier alpha value is -3.19. The molecule has 0 unspecified atom stereocenters. The lowest BCUT2D eigenvalue weighted by molar-refractivity contribution is 0.196. The SMILES string of the molecule is Cc1ccc(-n2nc(CN(C)C(=O)NC(C)(C)C)c3c2CCN(Cc2ccc(F)cc2)C3)cc1. The molecule has 0 bridgehead atoms. The van der Waals surface area contributed by atoms with Gasteiger partial charge in [-0.3, -0.25) is 4.90 Å². The maximum Gasteiger partial charge on any atom is 0.317 e. The zero-order valence-corrected chi connectivity index (χ0v) is 20.7. The summed E-state index contributed by atoms with van der Waals surface area (Å²) >= 11 is 0. The molecule has 0 saturated carbocycles. The molecular formula is C27H34FN5O. The van der Waals surface area contributed by atoms with E-state index in [2.05, 4.69) is 41.4 Å². The fourth-order valence-electron chi connectivity index (χ4n) is 4.26. The molecule has 34 heavy (non-hydrogen) atoms. The number of aromatic nitrogens is 2. The van der Waals surface area contributed by atoms with Crippen molar-refractivity contribution >= 4 is 6.03 Å². The first-order valence-corrected chi connectivity index (χ1v) is 11.8. The van der Waals surface area contributed by atoms with Crippen molar-refractivity contribution in [1.82, 2.24) is 24.9 Å². The number of hydrogen-bond acceptors (Lipinski definition) is 3. The fourth-order valence-corrected chi connectivity index (χ4v) is 4.26. The van der Waals surface area contributed by atoms with Crippen LogP contribution in [0.2, 0.25) is 0 Å². The number of benzene rings is 2. The van der Waals surface area contributed by atoms with Crippen molar-refractivity contribution in [3.8, 4) is 5.69 Å². The van der Waals surface area contributed by atoms with Gasteiger partial charge >= 0.3 is 6.03 Å². The van der Waals surface area contributed by atoms with Crippen molar-refractivity contribution in [2.75, 3.05) is 13.6 Å². The molecule has 4 rings (SSSR count). The maximum absolute atomic E-state index is 13.3. The van der Waals surface area contributed by atoms with Gasteiger partial charge in [0.2, 0.25) is 0 Å². The van der Waals surface area contributed by atoms with E-state index in [0.29, 0.717) is 6.54 Å². The molecule has 1 aromatic heterocycles. The van der Waals surface area contributed by atoms with Crippen LogP contribution in [0.1, 0.15) is 48.8 Å². The Kier molecular flexibility index (Phi) is 6.75. The van der Waals surface area contributed by atoms with Gasteiger partial charge in [0.1, 0.15) is 5.82 Å². The van der Waals surface area contributed by atoms with E-state index in [1.54, 1.807) is 11.9 Å². The molecule has 1 aliphatic heterocycles. The van der Waals surface area contributed by atoms with Crippen LogP contribution in [0.25, 0.3) is 5.69 Å². The van der Waals surface area contributed by atoms with E-state index in [1.807, 2.05) is 37.6 Å². The summed E-state index contributed by atoms with van der Waals surface area (Å²) in [6.45, 7) is 10.8. The summed E-state index contributed by atoms with van der Waals surface area (Å²) in [6, 6.07) is 14.9. The molecule has 3 aromatic rings. The topological polar surface area (TPSA) is 53.4 Å². The predicted molar refractivity (Wildman–Crippen MR) is 132 cm³/mol. The molecule has 180 valence electrons. The Labute approximate surface area is 201 Å². The number of nitrogens with one attached hydrogen (secondary N) is 1. The smallest absolute Gasteiger partial charge is 0.317 e. The van der Waals surface area contributed by atoms with E-state index in [0.717, 1.165) is 43.0 Å². The zero-order chi connectivity index (χ0) is 24.5. The van der Waals surface area contributed by atoms with E-state index in [9.17, 15) is 9.18 Å². The molecule has 2 aromatic carbocycles. The molecule has 1 N–H and O–H groups in total. The molecule has 7 heteroatoms. The second-order valence-corrected chi connectivity index (χ2v) is 10.2. The molecule has 0 aliphatic carbocycles. The molecule has 6 nitrogen and oxygen atoms in total. The fraction of sp³-hybridized carbons (Fsp3) is 0.407. The van der Waals surface area contributed by atoms with Crippen molar-refractivity contribution < 1.29 is 9.18 Å². The van der Waals surface area contributed by atoms with Gasteiger partial charge in [-0.1, -0.05) is 29.8 Å². The monoisotopic (exact) mass is 463 g/mol. The van der Waals surface area contributed by atoms with Gasteiger partial charge in [-0.05, 0) is 57.5 Å². The Bertz CT molecular complexity index is 1150. The molecular weight excluding hydrogens is 429 g/mol. The van der Waals surface area contributed by atoms with Gasteiger partial charge in [-0.15, -0.1) is 0 Å². The summed E-state index contributed by atoms with van der Waals surface area (Å²) in [4.78, 5) is 16.8. The van der Waals surface area contributed by atoms with Gasteiger partial charge in [0.15, 0.2) is 0 Å². The maximum atomic E-state index is 13.3. The third kappa shape index (κ3) is 5.65. The lowest BCUT2D eigenvalue weighted by Gasteiger charge is -2.29. The first-order chi connectivity index (χ1) is 16.1. The summed E-state index contributed by atoms with van der Waals surface area (Å²) in [5, 5.41) is 8.00. The summed E-state index contributed by atoms with van der Waals surface area (Å²) in [7, 11) is 1.80. The van der Waals surface area contributed by atoms with Crippen molar-refractivity contribution in [3.63, 3.8) is 0 Å². The normalized spacial score (nSPS) is 14.1. The standard InChI is InChI=1S/C27H34FN5O/c1-19-6-12-22(13-7-19)33-25-14-15-32(16-20-8-10-21(28)11-9-20)17-23(25)24(30-33)18-31(5)26(34)29-27(2,3)4/h6-13H,14-18H2,1-5H3,(H,29,34). The van der Waals surface area contributed by atoms with Crippen LogP contribution in [0.3, 0.4) is 0 Å². The quantitative estimate of drug-likeness (QED) is 0.590. The molecule has 0 spiro atoms. The highest BCUT2D eigenvalue weighted by Gasteiger charge is 2.27. The molecule has 0 saturated heterocycles. The lowest BCUT2D eigenvalue weighted by Crippen LogP contribution is -2.47. The Balaban J connectivity index is 1.62. The molecule has 0 radical (unpaired) electrons. The Morgan fingerprint density at radius 1 is 1.12 bits per heavy atom. The molecule has 2 heterocycles. The average molecular weight is 464 g/mol. The molecule has 0 fully saturated rings. The average Bonchev–Trinajstić information content (AvgIpc) is 3.12. The number of rotatable bonds is 5. The van der Waals surface area contributed by atoms with E-state index in [1.165, 1.54) is 29.0 Å². The van der Waals surface area contributed by atoms with Crippen LogP contribution in [0.15, 0.2) is 48.5 Å². The number of carbonyl (C=O) groups is 1. The molecule has 0 atom stereocenters. The number of fused-ring (bicyclic) bond motifs is 1. The van der Waals surface area contributed by atoms with E-state index >= 15 is 0 Å². The third-order valence-electron chi connectivity index (χ3n) is 6.03. The van der Waals surface area contributed by atoms with Crippen molar-refractivity contribution in [2.24, 2.45) is 0 Å². The first-order valence-electron chi connectivity index (χ1n) is 11.8. The minimum Gasteiger partial charge on any atom is -0.333 e. The van der Waals surface area contributed by atoms with Gasteiger partial charge < -0.3 is 10.2 Å². The van der Waals surface area contributed by atoms with Gasteiger partial charge in [-0.2, -0.15) is 5.10 Å². The lowest BCUT2D eigenvalue weighted by atomic mass is 10.0. The number of hydrogen-bond donors (Lipinski definition) is 1. The third-order valence-corrected chi connectivity index (χ3v) is 6.03. The van der Waals surface area contributed by atoms with Crippen molar-refractivity contribution in [1.29, 1.82) is 0 Å². The van der Waals surface area contributed by atoms with E-state index < -0.39 is 0 Å². The highest BCUT2D eigenvalue weighted by atomic mass is 19.1. The highest BCUT2D eigenvalue weighted by molar-refractivity contribution is 5.74. The van der Waals surface area contributed by atoms with Crippen molar-refractivity contribution in [2.45, 2.75) is 59.3 Å². The van der Waals surface area contributed by atoms with Gasteiger partial charge in [0.25, 0.3) is 0 Å². The molecule has 2 amide bonds. The van der Waals surface area contributed by atoms with E-state index in [4.69, 9.17) is 5.10 Å². The van der Waals surface area contributed by atoms with Crippen LogP contribution in [0.4, 0.5) is 9.18 Å². The first kappa shape index (κ1) is 24.0. The summed E-state index contributed by atoms with van der Waals surface area (Å²) in [6.07, 6.45) is 0.856.